The van der Waals surface area contributed by atoms with Gasteiger partial charge in [0.1, 0.15) is 12.4 Å². The molecule has 5 rings (SSSR count). The number of benzene rings is 4. The first-order valence-corrected chi connectivity index (χ1v) is 13.4. The molecule has 37 heavy (non-hydrogen) atoms. The number of nitrogens with one attached hydrogen (secondary N) is 1. The topological polar surface area (TPSA) is 38.3 Å². The van der Waals surface area contributed by atoms with Crippen LogP contribution in [-0.4, -0.2) is 5.91 Å². The van der Waals surface area contributed by atoms with Crippen LogP contribution in [0.5, 0.6) is 5.75 Å². The van der Waals surface area contributed by atoms with E-state index < -0.39 is 0 Å². The summed E-state index contributed by atoms with van der Waals surface area (Å²) in [5, 5.41) is 5.74. The van der Waals surface area contributed by atoms with Crippen LogP contribution in [0, 0.1) is 0 Å². The van der Waals surface area contributed by atoms with Gasteiger partial charge in [0, 0.05) is 27.6 Å². The van der Waals surface area contributed by atoms with Gasteiger partial charge in [-0.05, 0) is 58.0 Å². The molecule has 1 aromatic heterocycles. The zero-order valence-electron chi connectivity index (χ0n) is 20.2. The molecule has 0 spiro atoms. The molecular formula is C32H26ClNO2S. The first-order chi connectivity index (χ1) is 18.2. The number of hydrogen-bond acceptors (Lipinski definition) is 3. The molecular weight excluding hydrogens is 498 g/mol. The van der Waals surface area contributed by atoms with Crippen molar-refractivity contribution in [2.75, 3.05) is 0 Å². The van der Waals surface area contributed by atoms with Crippen LogP contribution in [0.1, 0.15) is 16.7 Å². The normalized spacial score (nSPS) is 10.7. The minimum atomic E-state index is -0.00107. The number of halogens is 1. The van der Waals surface area contributed by atoms with Crippen molar-refractivity contribution < 1.29 is 9.53 Å². The Hall–Kier alpha value is -3.86. The van der Waals surface area contributed by atoms with E-state index in [1.165, 1.54) is 0 Å². The molecule has 0 aliphatic rings. The van der Waals surface area contributed by atoms with Gasteiger partial charge in [-0.3, -0.25) is 4.79 Å². The fraction of sp³-hybridized carbons (Fsp3) is 0.0938. The van der Waals surface area contributed by atoms with Crippen molar-refractivity contribution >= 4 is 28.8 Å². The van der Waals surface area contributed by atoms with Crippen LogP contribution in [-0.2, 0) is 24.4 Å². The van der Waals surface area contributed by atoms with Crippen molar-refractivity contribution in [1.29, 1.82) is 0 Å². The maximum Gasteiger partial charge on any atom is 0.224 e. The molecule has 1 N–H and O–H groups in total. The number of amides is 1. The standard InChI is InChI=1S/C32H26ClNO2S/c33-27-14-15-30(36-22-24-10-5-2-6-11-24)29(20-27)28-16-17-37-32(28)26-13-7-12-25(18-26)19-31(35)34-21-23-8-3-1-4-9-23/h1-18,20H,19,21-22H2,(H,34,35). The molecule has 0 saturated heterocycles. The second-order valence-electron chi connectivity index (χ2n) is 8.72. The monoisotopic (exact) mass is 523 g/mol. The van der Waals surface area contributed by atoms with Crippen molar-refractivity contribution in [1.82, 2.24) is 5.32 Å². The summed E-state index contributed by atoms with van der Waals surface area (Å²) in [6, 6.07) is 36.0. The molecule has 3 nitrogen and oxygen atoms in total. The van der Waals surface area contributed by atoms with Crippen LogP contribution >= 0.6 is 22.9 Å². The molecule has 0 aliphatic carbocycles. The van der Waals surface area contributed by atoms with Gasteiger partial charge in [0.15, 0.2) is 0 Å². The summed E-state index contributed by atoms with van der Waals surface area (Å²) in [5.41, 5.74) is 6.22. The highest BCUT2D eigenvalue weighted by Gasteiger charge is 2.15. The summed E-state index contributed by atoms with van der Waals surface area (Å²) in [6.45, 7) is 0.998. The van der Waals surface area contributed by atoms with E-state index in [9.17, 15) is 4.79 Å². The lowest BCUT2D eigenvalue weighted by Crippen LogP contribution is -2.24. The molecule has 184 valence electrons. The third-order valence-electron chi connectivity index (χ3n) is 6.02. The van der Waals surface area contributed by atoms with E-state index in [-0.39, 0.29) is 5.91 Å². The summed E-state index contributed by atoms with van der Waals surface area (Å²) in [7, 11) is 0. The fourth-order valence-corrected chi connectivity index (χ4v) is 5.27. The smallest absolute Gasteiger partial charge is 0.224 e. The Labute approximate surface area is 226 Å². The summed E-state index contributed by atoms with van der Waals surface area (Å²) >= 11 is 8.07. The van der Waals surface area contributed by atoms with Crippen molar-refractivity contribution in [2.45, 2.75) is 19.6 Å². The predicted molar refractivity (Wildman–Crippen MR) is 153 cm³/mol. The van der Waals surface area contributed by atoms with Gasteiger partial charge in [0.25, 0.3) is 0 Å². The summed E-state index contributed by atoms with van der Waals surface area (Å²) in [5.74, 6) is 0.781. The Morgan fingerprint density at radius 2 is 1.49 bits per heavy atom. The average Bonchev–Trinajstić information content (AvgIpc) is 3.43. The summed E-state index contributed by atoms with van der Waals surface area (Å²) in [4.78, 5) is 13.7. The molecule has 0 fully saturated rings. The minimum absolute atomic E-state index is 0.00107. The number of ether oxygens (including phenoxy) is 1. The fourth-order valence-electron chi connectivity index (χ4n) is 4.19. The molecule has 0 unspecified atom stereocenters. The molecule has 0 atom stereocenters. The van der Waals surface area contributed by atoms with Crippen LogP contribution in [0.15, 0.2) is 115 Å². The lowest BCUT2D eigenvalue weighted by molar-refractivity contribution is -0.120. The highest BCUT2D eigenvalue weighted by atomic mass is 35.5. The predicted octanol–water partition coefficient (Wildman–Crippen LogP) is 8.17. The molecule has 1 amide bonds. The molecule has 0 aliphatic heterocycles. The van der Waals surface area contributed by atoms with Crippen molar-refractivity contribution in [3.05, 3.63) is 136 Å². The third kappa shape index (κ3) is 6.48. The van der Waals surface area contributed by atoms with Gasteiger partial charge in [0.05, 0.1) is 6.42 Å². The number of rotatable bonds is 9. The molecule has 0 radical (unpaired) electrons. The Morgan fingerprint density at radius 3 is 2.27 bits per heavy atom. The van der Waals surface area contributed by atoms with Crippen LogP contribution in [0.25, 0.3) is 21.6 Å². The van der Waals surface area contributed by atoms with Crippen molar-refractivity contribution in [3.8, 4) is 27.3 Å². The largest absolute Gasteiger partial charge is 0.488 e. The summed E-state index contributed by atoms with van der Waals surface area (Å²) < 4.78 is 6.23. The van der Waals surface area contributed by atoms with E-state index in [1.807, 2.05) is 91.0 Å². The van der Waals surface area contributed by atoms with Crippen LogP contribution < -0.4 is 10.1 Å². The molecule has 4 aromatic carbocycles. The number of hydrogen-bond donors (Lipinski definition) is 1. The van der Waals surface area contributed by atoms with Crippen molar-refractivity contribution in [2.24, 2.45) is 0 Å². The summed E-state index contributed by atoms with van der Waals surface area (Å²) in [6.07, 6.45) is 0.323. The van der Waals surface area contributed by atoms with Gasteiger partial charge in [-0.2, -0.15) is 0 Å². The van der Waals surface area contributed by atoms with Gasteiger partial charge in [-0.25, -0.2) is 0 Å². The Balaban J connectivity index is 1.35. The lowest BCUT2D eigenvalue weighted by Gasteiger charge is -2.14. The van der Waals surface area contributed by atoms with E-state index in [0.717, 1.165) is 44.0 Å². The van der Waals surface area contributed by atoms with Crippen LogP contribution in [0.3, 0.4) is 0 Å². The van der Waals surface area contributed by atoms with E-state index in [4.69, 9.17) is 16.3 Å². The van der Waals surface area contributed by atoms with E-state index >= 15 is 0 Å². The molecule has 0 saturated carbocycles. The Bertz CT molecular complexity index is 1480. The van der Waals surface area contributed by atoms with Crippen LogP contribution in [0.2, 0.25) is 5.02 Å². The van der Waals surface area contributed by atoms with Gasteiger partial charge < -0.3 is 10.1 Å². The van der Waals surface area contributed by atoms with E-state index in [0.29, 0.717) is 24.6 Å². The van der Waals surface area contributed by atoms with Crippen LogP contribution in [0.4, 0.5) is 0 Å². The zero-order chi connectivity index (χ0) is 25.5. The molecule has 5 heteroatoms. The quantitative estimate of drug-likeness (QED) is 0.211. The van der Waals surface area contributed by atoms with Gasteiger partial charge >= 0.3 is 0 Å². The molecule has 5 aromatic rings. The average molecular weight is 524 g/mol. The highest BCUT2D eigenvalue weighted by molar-refractivity contribution is 7.14. The third-order valence-corrected chi connectivity index (χ3v) is 7.22. The maximum absolute atomic E-state index is 12.6. The van der Waals surface area contributed by atoms with Gasteiger partial charge in [-0.1, -0.05) is 90.5 Å². The second kappa shape index (κ2) is 11.9. The molecule has 1 heterocycles. The SMILES string of the molecule is O=C(Cc1cccc(-c2sccc2-c2cc(Cl)ccc2OCc2ccccc2)c1)NCc1ccccc1. The van der Waals surface area contributed by atoms with E-state index in [1.54, 1.807) is 11.3 Å². The molecule has 0 bridgehead atoms. The lowest BCUT2D eigenvalue weighted by atomic mass is 10.00. The van der Waals surface area contributed by atoms with E-state index in [2.05, 4.69) is 28.9 Å². The highest BCUT2D eigenvalue weighted by Crippen LogP contribution is 2.42. The van der Waals surface area contributed by atoms with Gasteiger partial charge in [0.2, 0.25) is 5.91 Å². The second-order valence-corrected chi connectivity index (χ2v) is 10.1. The van der Waals surface area contributed by atoms with Crippen molar-refractivity contribution in [3.63, 3.8) is 0 Å². The first kappa shape index (κ1) is 24.8. The minimum Gasteiger partial charge on any atom is -0.488 e. The first-order valence-electron chi connectivity index (χ1n) is 12.1. The number of carbonyl (C=O) groups is 1. The number of carbonyl (C=O) groups excluding carboxylic acids is 1. The Morgan fingerprint density at radius 1 is 0.757 bits per heavy atom. The van der Waals surface area contributed by atoms with Gasteiger partial charge in [-0.15, -0.1) is 11.3 Å². The number of thiophene rings is 1. The zero-order valence-corrected chi connectivity index (χ0v) is 21.8. The Kier molecular flexibility index (Phi) is 7.99. The maximum atomic E-state index is 12.6.